The number of alkyl halides is 3. The summed E-state index contributed by atoms with van der Waals surface area (Å²) < 4.78 is 44.5. The van der Waals surface area contributed by atoms with Gasteiger partial charge in [0.1, 0.15) is 5.71 Å². The molecule has 0 unspecified atom stereocenters. The van der Waals surface area contributed by atoms with Crippen molar-refractivity contribution in [3.05, 3.63) is 75.1 Å². The first-order valence-electron chi connectivity index (χ1n) is 9.91. The van der Waals surface area contributed by atoms with E-state index in [4.69, 9.17) is 9.25 Å². The lowest BCUT2D eigenvalue weighted by Gasteiger charge is -2.20. The summed E-state index contributed by atoms with van der Waals surface area (Å²) in [5.74, 6) is -0.746. The van der Waals surface area contributed by atoms with Gasteiger partial charge >= 0.3 is 17.8 Å². The normalized spacial score (nSPS) is 12.8. The van der Waals surface area contributed by atoms with Crippen LogP contribution in [0.1, 0.15) is 49.9 Å². The fraction of sp³-hybridized carbons (Fsp3) is 0.292. The van der Waals surface area contributed by atoms with Crippen LogP contribution in [-0.2, 0) is 21.2 Å². The number of rotatable bonds is 4. The highest BCUT2D eigenvalue weighted by Gasteiger charge is 2.30. The first-order chi connectivity index (χ1) is 15.3. The molecule has 9 heteroatoms. The van der Waals surface area contributed by atoms with E-state index < -0.39 is 23.3 Å². The third-order valence-electron chi connectivity index (χ3n) is 4.89. The van der Waals surface area contributed by atoms with E-state index in [0.717, 1.165) is 41.6 Å². The lowest BCUT2D eigenvalue weighted by Crippen LogP contribution is -2.18. The highest BCUT2D eigenvalue weighted by molar-refractivity contribution is 7.98. The van der Waals surface area contributed by atoms with Gasteiger partial charge in [0.2, 0.25) is 0 Å². The highest BCUT2D eigenvalue weighted by atomic mass is 32.2. The number of hydrogen-bond acceptors (Lipinski definition) is 6. The Balaban J connectivity index is 2.25. The van der Waals surface area contributed by atoms with Crippen LogP contribution in [0.5, 0.6) is 0 Å². The van der Waals surface area contributed by atoms with Gasteiger partial charge in [0.25, 0.3) is 0 Å². The number of fused-ring (bicyclic) bond motifs is 1. The summed E-state index contributed by atoms with van der Waals surface area (Å²) >= 11 is 1.43. The molecular weight excluding hydrogens is 455 g/mol. The molecule has 0 radical (unpaired) electrons. The Labute approximate surface area is 192 Å². The molecule has 3 rings (SSSR count). The van der Waals surface area contributed by atoms with Gasteiger partial charge in [-0.2, -0.15) is 13.2 Å². The van der Waals surface area contributed by atoms with E-state index in [-0.39, 0.29) is 22.3 Å². The minimum Gasteiger partial charge on any atom is -0.421 e. The highest BCUT2D eigenvalue weighted by Crippen LogP contribution is 2.34. The average molecular weight is 478 g/mol. The maximum Gasteiger partial charge on any atom is 0.416 e. The summed E-state index contributed by atoms with van der Waals surface area (Å²) in [4.78, 5) is 29.8. The monoisotopic (exact) mass is 477 g/mol. The van der Waals surface area contributed by atoms with Crippen molar-refractivity contribution in [3.63, 3.8) is 0 Å². The lowest BCUT2D eigenvalue weighted by molar-refractivity contribution is -0.141. The number of halogens is 3. The molecule has 0 fully saturated rings. The van der Waals surface area contributed by atoms with Crippen LogP contribution in [0.25, 0.3) is 11.0 Å². The molecule has 5 nitrogen and oxygen atoms in total. The van der Waals surface area contributed by atoms with Crippen LogP contribution in [-0.4, -0.2) is 17.9 Å². The predicted molar refractivity (Wildman–Crippen MR) is 122 cm³/mol. The average Bonchev–Trinajstić information content (AvgIpc) is 2.72. The molecule has 0 atom stereocenters. The second-order valence-corrected chi connectivity index (χ2v) is 9.24. The van der Waals surface area contributed by atoms with Crippen molar-refractivity contribution in [2.75, 3.05) is 6.26 Å². The third kappa shape index (κ3) is 5.47. The van der Waals surface area contributed by atoms with E-state index in [9.17, 15) is 22.8 Å². The molecule has 0 aliphatic heterocycles. The molecule has 0 bridgehead atoms. The number of hydrogen-bond donors (Lipinski definition) is 0. The van der Waals surface area contributed by atoms with Crippen LogP contribution < -0.4 is 5.63 Å². The summed E-state index contributed by atoms with van der Waals surface area (Å²) in [6.07, 6.45) is -2.66. The smallest absolute Gasteiger partial charge is 0.416 e. The Bertz CT molecular complexity index is 1290. The predicted octanol–water partition coefficient (Wildman–Crippen LogP) is 6.15. The molecule has 0 N–H and O–H groups in total. The number of benzene rings is 2. The molecule has 0 spiro atoms. The molecule has 0 saturated heterocycles. The van der Waals surface area contributed by atoms with Crippen LogP contribution in [0.15, 0.2) is 61.7 Å². The molecule has 3 aromatic rings. The zero-order chi connectivity index (χ0) is 24.6. The van der Waals surface area contributed by atoms with Crippen molar-refractivity contribution < 1.29 is 27.2 Å². The van der Waals surface area contributed by atoms with Gasteiger partial charge < -0.3 is 9.25 Å². The Morgan fingerprint density at radius 2 is 1.67 bits per heavy atom. The van der Waals surface area contributed by atoms with Crippen molar-refractivity contribution in [1.82, 2.24) is 0 Å². The van der Waals surface area contributed by atoms with Crippen molar-refractivity contribution >= 4 is 34.4 Å². The Morgan fingerprint density at radius 3 is 2.18 bits per heavy atom. The van der Waals surface area contributed by atoms with Crippen LogP contribution in [0.4, 0.5) is 13.2 Å². The Hall–Kier alpha value is -3.07. The van der Waals surface area contributed by atoms with Crippen molar-refractivity contribution in [2.45, 2.75) is 44.2 Å². The molecule has 1 aromatic heterocycles. The van der Waals surface area contributed by atoms with Crippen LogP contribution >= 0.6 is 11.8 Å². The van der Waals surface area contributed by atoms with Gasteiger partial charge in [0.15, 0.2) is 5.58 Å². The molecule has 2 aromatic carbocycles. The molecule has 0 saturated carbocycles. The summed E-state index contributed by atoms with van der Waals surface area (Å²) in [6, 6.07) is 9.45. The standard InChI is InChI=1S/C24H22F3NO4S/c1-13(29)32-28-20(14-6-8-16(9-7-14)24(25,26)27)18-11-15-10-17(23(2,3)4)12-19(33-5)21(15)31-22(18)30/h6-12H,1-5H3/b28-20+. The lowest BCUT2D eigenvalue weighted by atomic mass is 9.86. The first-order valence-corrected chi connectivity index (χ1v) is 11.1. The fourth-order valence-corrected chi connectivity index (χ4v) is 3.73. The summed E-state index contributed by atoms with van der Waals surface area (Å²) in [5, 5.41) is 4.37. The van der Waals surface area contributed by atoms with Gasteiger partial charge in [-0.25, -0.2) is 9.59 Å². The Kier molecular flexibility index (Phi) is 6.74. The minimum atomic E-state index is -4.52. The zero-order valence-electron chi connectivity index (χ0n) is 18.7. The van der Waals surface area contributed by atoms with E-state index >= 15 is 0 Å². The second-order valence-electron chi connectivity index (χ2n) is 8.39. The number of carbonyl (C=O) groups excluding carboxylic acids is 1. The van der Waals surface area contributed by atoms with Crippen molar-refractivity contribution in [1.29, 1.82) is 0 Å². The topological polar surface area (TPSA) is 68.9 Å². The summed E-state index contributed by atoms with van der Waals surface area (Å²) in [6.45, 7) is 7.27. The summed E-state index contributed by atoms with van der Waals surface area (Å²) in [7, 11) is 0. The van der Waals surface area contributed by atoms with Gasteiger partial charge in [-0.15, -0.1) is 11.8 Å². The molecule has 33 heavy (non-hydrogen) atoms. The minimum absolute atomic E-state index is 0.0402. The van der Waals surface area contributed by atoms with E-state index in [1.165, 1.54) is 11.8 Å². The first kappa shape index (κ1) is 24.6. The van der Waals surface area contributed by atoms with Gasteiger partial charge in [-0.1, -0.05) is 38.1 Å². The summed E-state index contributed by atoms with van der Waals surface area (Å²) in [5.41, 5.74) is -0.390. The van der Waals surface area contributed by atoms with Crippen LogP contribution in [0.2, 0.25) is 0 Å². The van der Waals surface area contributed by atoms with Crippen molar-refractivity contribution in [3.8, 4) is 0 Å². The quantitative estimate of drug-likeness (QED) is 0.148. The maximum atomic E-state index is 13.0. The van der Waals surface area contributed by atoms with Gasteiger partial charge in [-0.3, -0.25) is 0 Å². The number of carbonyl (C=O) groups is 1. The van der Waals surface area contributed by atoms with E-state index in [1.807, 2.05) is 39.2 Å². The van der Waals surface area contributed by atoms with Crippen molar-refractivity contribution in [2.24, 2.45) is 5.16 Å². The molecular formula is C24H22F3NO4S. The SMILES string of the molecule is CSc1cc(C(C)(C)C)cc2cc(/C(=N/OC(C)=O)c3ccc(C(F)(F)F)cc3)c(=O)oc12. The van der Waals surface area contributed by atoms with Crippen LogP contribution in [0, 0.1) is 0 Å². The van der Waals surface area contributed by atoms with E-state index in [2.05, 4.69) is 5.16 Å². The number of nitrogens with zero attached hydrogens (tertiary/aromatic N) is 1. The van der Waals surface area contributed by atoms with Gasteiger partial charge in [0, 0.05) is 17.9 Å². The molecule has 0 aliphatic rings. The van der Waals surface area contributed by atoms with E-state index in [0.29, 0.717) is 11.0 Å². The zero-order valence-corrected chi connectivity index (χ0v) is 19.5. The van der Waals surface area contributed by atoms with Gasteiger partial charge in [0.05, 0.1) is 16.0 Å². The second kappa shape index (κ2) is 9.05. The van der Waals surface area contributed by atoms with E-state index in [1.54, 1.807) is 6.07 Å². The largest absolute Gasteiger partial charge is 0.421 e. The molecule has 0 amide bonds. The molecule has 1 heterocycles. The number of oxime groups is 1. The van der Waals surface area contributed by atoms with Crippen LogP contribution in [0.3, 0.4) is 0 Å². The van der Waals surface area contributed by atoms with Gasteiger partial charge in [-0.05, 0) is 47.6 Å². The molecule has 174 valence electrons. The molecule has 0 aliphatic carbocycles. The third-order valence-corrected chi connectivity index (χ3v) is 5.63. The Morgan fingerprint density at radius 1 is 1.03 bits per heavy atom. The number of thioether (sulfide) groups is 1. The fourth-order valence-electron chi connectivity index (χ4n) is 3.14. The maximum absolute atomic E-state index is 13.0.